The summed E-state index contributed by atoms with van der Waals surface area (Å²) >= 11 is 7.72. The minimum atomic E-state index is -0.400. The molecule has 0 unspecified atom stereocenters. The van der Waals surface area contributed by atoms with E-state index in [-0.39, 0.29) is 17.1 Å². The van der Waals surface area contributed by atoms with Gasteiger partial charge in [0.15, 0.2) is 20.5 Å². The standard InChI is InChI=1S/C19H12FN3O2S3/c20-12-8-6-11(7-9-12)14(24)10-27-18-21-16-15(17(25)22-18)28-19(26)23(16)13-4-2-1-3-5-13/h1-9H,10H2,(H,21,22,25). The quantitative estimate of drug-likeness (QED) is 0.217. The number of nitrogens with one attached hydrogen (secondary N) is 1. The minimum absolute atomic E-state index is 0.0658. The second-order valence-electron chi connectivity index (χ2n) is 5.78. The number of hydrogen-bond acceptors (Lipinski definition) is 6. The molecule has 2 aromatic carbocycles. The van der Waals surface area contributed by atoms with Gasteiger partial charge in [-0.25, -0.2) is 9.37 Å². The third-order valence-electron chi connectivity index (χ3n) is 3.94. The fraction of sp³-hybridized carbons (Fsp3) is 0.0526. The number of H-pyrrole nitrogens is 1. The fourth-order valence-electron chi connectivity index (χ4n) is 2.62. The van der Waals surface area contributed by atoms with E-state index in [0.29, 0.717) is 25.0 Å². The number of nitrogens with zero attached hydrogens (tertiary/aromatic N) is 2. The van der Waals surface area contributed by atoms with Crippen molar-refractivity contribution in [1.82, 2.24) is 14.5 Å². The zero-order chi connectivity index (χ0) is 19.7. The van der Waals surface area contributed by atoms with Gasteiger partial charge in [-0.05, 0) is 48.6 Å². The van der Waals surface area contributed by atoms with Crippen molar-refractivity contribution in [2.45, 2.75) is 5.16 Å². The summed E-state index contributed by atoms with van der Waals surface area (Å²) in [5.74, 6) is -0.516. The third kappa shape index (κ3) is 3.68. The number of carbonyl (C=O) groups excluding carboxylic acids is 1. The van der Waals surface area contributed by atoms with Crippen molar-refractivity contribution < 1.29 is 9.18 Å². The molecule has 1 N–H and O–H groups in total. The number of benzene rings is 2. The monoisotopic (exact) mass is 429 g/mol. The molecule has 28 heavy (non-hydrogen) atoms. The molecule has 2 aromatic heterocycles. The van der Waals surface area contributed by atoms with Gasteiger partial charge in [-0.2, -0.15) is 0 Å². The average molecular weight is 430 g/mol. The van der Waals surface area contributed by atoms with Crippen molar-refractivity contribution in [1.29, 1.82) is 0 Å². The summed E-state index contributed by atoms with van der Waals surface area (Å²) in [6, 6.07) is 14.8. The van der Waals surface area contributed by atoms with Crippen molar-refractivity contribution >= 4 is 51.4 Å². The Kier molecular flexibility index (Phi) is 5.21. The zero-order valence-electron chi connectivity index (χ0n) is 14.2. The molecule has 0 aliphatic heterocycles. The van der Waals surface area contributed by atoms with Crippen LogP contribution in [0, 0.1) is 9.77 Å². The average Bonchev–Trinajstić information content (AvgIpc) is 3.04. The Hall–Kier alpha value is -2.62. The molecule has 0 aliphatic rings. The van der Waals surface area contributed by atoms with Gasteiger partial charge in [0.1, 0.15) is 10.5 Å². The highest BCUT2D eigenvalue weighted by Gasteiger charge is 2.15. The molecule has 2 heterocycles. The largest absolute Gasteiger partial charge is 0.300 e. The van der Waals surface area contributed by atoms with Gasteiger partial charge in [0.2, 0.25) is 0 Å². The van der Waals surface area contributed by atoms with Gasteiger partial charge in [0.25, 0.3) is 5.56 Å². The highest BCUT2D eigenvalue weighted by Crippen LogP contribution is 2.24. The molecule has 0 saturated carbocycles. The predicted molar refractivity (Wildman–Crippen MR) is 112 cm³/mol. The molecule has 4 aromatic rings. The molecule has 5 nitrogen and oxygen atoms in total. The summed E-state index contributed by atoms with van der Waals surface area (Å²) in [7, 11) is 0. The summed E-state index contributed by atoms with van der Waals surface area (Å²) in [5.41, 5.74) is 1.38. The van der Waals surface area contributed by atoms with Gasteiger partial charge < -0.3 is 4.98 Å². The lowest BCUT2D eigenvalue weighted by Crippen LogP contribution is -2.10. The third-order valence-corrected chi connectivity index (χ3v) is 6.18. The molecule has 0 radical (unpaired) electrons. The predicted octanol–water partition coefficient (Wildman–Crippen LogP) is 4.62. The maximum atomic E-state index is 13.0. The maximum absolute atomic E-state index is 13.0. The first-order valence-corrected chi connectivity index (χ1v) is 10.4. The topological polar surface area (TPSA) is 67.8 Å². The molecule has 0 bridgehead atoms. The summed E-state index contributed by atoms with van der Waals surface area (Å²) in [4.78, 5) is 32.0. The number of para-hydroxylation sites is 1. The highest BCUT2D eigenvalue weighted by molar-refractivity contribution is 7.99. The summed E-state index contributed by atoms with van der Waals surface area (Å²) in [5, 5.41) is 0.324. The van der Waals surface area contributed by atoms with E-state index in [2.05, 4.69) is 9.97 Å². The van der Waals surface area contributed by atoms with Crippen LogP contribution in [0.2, 0.25) is 0 Å². The number of rotatable bonds is 5. The highest BCUT2D eigenvalue weighted by atomic mass is 32.2. The summed E-state index contributed by atoms with van der Waals surface area (Å²) in [6.07, 6.45) is 0. The van der Waals surface area contributed by atoms with Crippen LogP contribution >= 0.6 is 35.3 Å². The summed E-state index contributed by atoms with van der Waals surface area (Å²) < 4.78 is 15.7. The Labute approximate surface area is 171 Å². The smallest absolute Gasteiger partial charge is 0.271 e. The first kappa shape index (κ1) is 18.7. The van der Waals surface area contributed by atoms with Crippen LogP contribution < -0.4 is 5.56 Å². The SMILES string of the molecule is O=C(CSc1nc2c(sc(=S)n2-c2ccccc2)c(=O)[nH]1)c1ccc(F)cc1. The normalized spacial score (nSPS) is 11.0. The van der Waals surface area contributed by atoms with E-state index < -0.39 is 5.82 Å². The van der Waals surface area contributed by atoms with Crippen molar-refractivity contribution in [3.8, 4) is 5.69 Å². The molecule has 0 atom stereocenters. The molecule has 140 valence electrons. The van der Waals surface area contributed by atoms with Crippen LogP contribution in [-0.4, -0.2) is 26.1 Å². The van der Waals surface area contributed by atoms with Gasteiger partial charge >= 0.3 is 0 Å². The Balaban J connectivity index is 1.67. The van der Waals surface area contributed by atoms with Crippen LogP contribution in [0.3, 0.4) is 0 Å². The van der Waals surface area contributed by atoms with E-state index in [1.54, 1.807) is 4.57 Å². The van der Waals surface area contributed by atoms with E-state index in [0.717, 1.165) is 17.4 Å². The molecule has 0 aliphatic carbocycles. The van der Waals surface area contributed by atoms with Crippen molar-refractivity contribution in [3.63, 3.8) is 0 Å². The second kappa shape index (κ2) is 7.78. The lowest BCUT2D eigenvalue weighted by Gasteiger charge is -2.05. The Morgan fingerprint density at radius 1 is 1.18 bits per heavy atom. The second-order valence-corrected chi connectivity index (χ2v) is 8.39. The van der Waals surface area contributed by atoms with Crippen molar-refractivity contribution in [2.24, 2.45) is 0 Å². The molecule has 4 rings (SSSR count). The van der Waals surface area contributed by atoms with E-state index in [1.807, 2.05) is 30.3 Å². The molecule has 0 fully saturated rings. The van der Waals surface area contributed by atoms with Crippen LogP contribution in [0.1, 0.15) is 10.4 Å². The number of aromatic amines is 1. The first-order valence-electron chi connectivity index (χ1n) is 8.16. The number of aromatic nitrogens is 3. The zero-order valence-corrected chi connectivity index (χ0v) is 16.7. The first-order chi connectivity index (χ1) is 13.5. The fourth-order valence-corrected chi connectivity index (χ4v) is 4.64. The minimum Gasteiger partial charge on any atom is -0.300 e. The van der Waals surface area contributed by atoms with Crippen LogP contribution in [0.5, 0.6) is 0 Å². The van der Waals surface area contributed by atoms with Gasteiger partial charge in [-0.3, -0.25) is 14.2 Å². The lowest BCUT2D eigenvalue weighted by molar-refractivity contribution is 0.102. The number of fused-ring (bicyclic) bond motifs is 1. The number of carbonyl (C=O) groups is 1. The number of thioether (sulfide) groups is 1. The number of hydrogen-bond donors (Lipinski definition) is 1. The van der Waals surface area contributed by atoms with Crippen LogP contribution in [-0.2, 0) is 0 Å². The van der Waals surface area contributed by atoms with E-state index >= 15 is 0 Å². The molecule has 0 saturated heterocycles. The number of Topliss-reactive ketones (excluding diaryl/α,β-unsaturated/α-hetero) is 1. The maximum Gasteiger partial charge on any atom is 0.271 e. The van der Waals surface area contributed by atoms with Crippen LogP contribution in [0.4, 0.5) is 4.39 Å². The number of thiazole rings is 1. The van der Waals surface area contributed by atoms with E-state index in [1.165, 1.54) is 35.6 Å². The summed E-state index contributed by atoms with van der Waals surface area (Å²) in [6.45, 7) is 0. The Morgan fingerprint density at radius 2 is 1.89 bits per heavy atom. The van der Waals surface area contributed by atoms with E-state index in [4.69, 9.17) is 12.2 Å². The number of ketones is 1. The molecular weight excluding hydrogens is 417 g/mol. The van der Waals surface area contributed by atoms with Gasteiger partial charge in [-0.1, -0.05) is 41.3 Å². The van der Waals surface area contributed by atoms with Gasteiger partial charge in [0.05, 0.1) is 5.75 Å². The Bertz CT molecular complexity index is 1280. The number of halogens is 1. The van der Waals surface area contributed by atoms with Crippen molar-refractivity contribution in [2.75, 3.05) is 5.75 Å². The van der Waals surface area contributed by atoms with Crippen LogP contribution in [0.15, 0.2) is 64.5 Å². The van der Waals surface area contributed by atoms with E-state index in [9.17, 15) is 14.0 Å². The molecule has 9 heteroatoms. The lowest BCUT2D eigenvalue weighted by atomic mass is 10.1. The van der Waals surface area contributed by atoms with Gasteiger partial charge in [0, 0.05) is 11.3 Å². The molecule has 0 amide bonds. The van der Waals surface area contributed by atoms with Crippen LogP contribution in [0.25, 0.3) is 16.0 Å². The molecular formula is C19H12FN3O2S3. The Morgan fingerprint density at radius 3 is 2.61 bits per heavy atom. The van der Waals surface area contributed by atoms with Crippen molar-refractivity contribution in [3.05, 3.63) is 80.3 Å². The molecule has 0 spiro atoms. The van der Waals surface area contributed by atoms with Gasteiger partial charge in [-0.15, -0.1) is 0 Å².